The third-order valence-corrected chi connectivity index (χ3v) is 5.84. The molecule has 0 heterocycles. The summed E-state index contributed by atoms with van der Waals surface area (Å²) < 4.78 is 17.6. The molecule has 3 nitrogen and oxygen atoms in total. The summed E-state index contributed by atoms with van der Waals surface area (Å²) in [7, 11) is 3.53. The molecule has 0 spiro atoms. The van der Waals surface area contributed by atoms with Gasteiger partial charge >= 0.3 is 0 Å². The maximum Gasteiger partial charge on any atom is 0.0674 e. The second kappa shape index (κ2) is 8.31. The van der Waals surface area contributed by atoms with E-state index in [1.165, 1.54) is 0 Å². The Balaban J connectivity index is 5.36. The van der Waals surface area contributed by atoms with E-state index in [0.717, 1.165) is 6.42 Å². The number of methoxy groups -OCH3 is 2. The predicted molar refractivity (Wildman–Crippen MR) is 98.9 cm³/mol. The highest BCUT2D eigenvalue weighted by atomic mass is 16.5. The van der Waals surface area contributed by atoms with Crippen LogP contribution in [-0.2, 0) is 14.2 Å². The van der Waals surface area contributed by atoms with Gasteiger partial charge in [-0.15, -0.1) is 0 Å². The fourth-order valence-electron chi connectivity index (χ4n) is 2.61. The molecule has 0 unspecified atom stereocenters. The lowest BCUT2D eigenvalue weighted by atomic mass is 9.68. The molecule has 0 aliphatic rings. The van der Waals surface area contributed by atoms with E-state index in [9.17, 15) is 0 Å². The van der Waals surface area contributed by atoms with Crippen LogP contribution in [0.5, 0.6) is 0 Å². The van der Waals surface area contributed by atoms with Gasteiger partial charge in [0, 0.05) is 19.6 Å². The van der Waals surface area contributed by atoms with Gasteiger partial charge in [0.1, 0.15) is 0 Å². The summed E-state index contributed by atoms with van der Waals surface area (Å²) in [5.41, 5.74) is -0.0553. The second-order valence-corrected chi connectivity index (χ2v) is 9.74. The zero-order valence-corrected chi connectivity index (χ0v) is 17.6. The van der Waals surface area contributed by atoms with E-state index in [1.54, 1.807) is 14.2 Å². The second-order valence-electron chi connectivity index (χ2n) is 9.74. The maximum atomic E-state index is 6.43. The van der Waals surface area contributed by atoms with Gasteiger partial charge in [-0.05, 0) is 37.0 Å². The van der Waals surface area contributed by atoms with Crippen molar-refractivity contribution >= 4 is 0 Å². The van der Waals surface area contributed by atoms with Crippen LogP contribution in [-0.4, -0.2) is 39.6 Å². The number of hydrogen-bond acceptors (Lipinski definition) is 3. The minimum absolute atomic E-state index is 0.0758. The topological polar surface area (TPSA) is 27.7 Å². The van der Waals surface area contributed by atoms with E-state index in [1.807, 2.05) is 0 Å². The summed E-state index contributed by atoms with van der Waals surface area (Å²) in [4.78, 5) is 0. The number of ether oxygens (including phenoxy) is 3. The Kier molecular flexibility index (Phi) is 8.27. The molecule has 0 amide bonds. The first kappa shape index (κ1) is 22.9. The molecule has 0 aromatic carbocycles. The summed E-state index contributed by atoms with van der Waals surface area (Å²) in [6, 6.07) is 0. The average Bonchev–Trinajstić information content (AvgIpc) is 2.35. The van der Waals surface area contributed by atoms with Gasteiger partial charge in [-0.3, -0.25) is 0 Å². The third-order valence-electron chi connectivity index (χ3n) is 5.84. The Morgan fingerprint density at radius 2 is 1.17 bits per heavy atom. The lowest BCUT2D eigenvalue weighted by molar-refractivity contribution is -0.151. The van der Waals surface area contributed by atoms with Crippen LogP contribution in [0, 0.1) is 22.2 Å². The Labute approximate surface area is 145 Å². The smallest absolute Gasteiger partial charge is 0.0674 e. The summed E-state index contributed by atoms with van der Waals surface area (Å²) >= 11 is 0. The molecule has 0 saturated carbocycles. The quantitative estimate of drug-likeness (QED) is 0.552. The van der Waals surface area contributed by atoms with Crippen LogP contribution in [0.3, 0.4) is 0 Å². The van der Waals surface area contributed by atoms with Crippen LogP contribution >= 0.6 is 0 Å². The Morgan fingerprint density at radius 1 is 0.739 bits per heavy atom. The fraction of sp³-hybridized carbons (Fsp3) is 1.00. The van der Waals surface area contributed by atoms with Crippen molar-refractivity contribution in [1.82, 2.24) is 0 Å². The third kappa shape index (κ3) is 6.72. The molecule has 23 heavy (non-hydrogen) atoms. The normalized spacial score (nSPS) is 14.6. The molecule has 3 heteroatoms. The van der Waals surface area contributed by atoms with Crippen molar-refractivity contribution < 1.29 is 14.2 Å². The first-order valence-corrected chi connectivity index (χ1v) is 8.85. The van der Waals surface area contributed by atoms with Gasteiger partial charge in [-0.2, -0.15) is 0 Å². The van der Waals surface area contributed by atoms with Crippen molar-refractivity contribution in [2.75, 3.05) is 34.0 Å². The van der Waals surface area contributed by atoms with Crippen LogP contribution < -0.4 is 0 Å². The fourth-order valence-corrected chi connectivity index (χ4v) is 2.61. The molecule has 0 radical (unpaired) electrons. The zero-order chi connectivity index (χ0) is 18.5. The maximum absolute atomic E-state index is 6.43. The molecule has 0 rings (SSSR count). The predicted octanol–water partition coefficient (Wildman–Crippen LogP) is 5.18. The molecular weight excluding hydrogens is 288 g/mol. The van der Waals surface area contributed by atoms with Gasteiger partial charge in [0.05, 0.1) is 25.4 Å². The standard InChI is InChI=1S/C20H42O3/c1-16(2)18(6,7)12-20(13-21-10,14-22-11)15-23-19(8,9)17(3,4)5/h16H,12-15H2,1-11H3. The van der Waals surface area contributed by atoms with Crippen LogP contribution in [0.1, 0.15) is 68.7 Å². The summed E-state index contributed by atoms with van der Waals surface area (Å²) in [6.45, 7) is 22.2. The van der Waals surface area contributed by atoms with Crippen LogP contribution in [0.2, 0.25) is 0 Å². The lowest BCUT2D eigenvalue weighted by Crippen LogP contribution is -2.47. The molecule has 0 aromatic heterocycles. The minimum Gasteiger partial charge on any atom is -0.384 e. The van der Waals surface area contributed by atoms with E-state index in [2.05, 4.69) is 62.3 Å². The van der Waals surface area contributed by atoms with Gasteiger partial charge < -0.3 is 14.2 Å². The van der Waals surface area contributed by atoms with E-state index < -0.39 is 0 Å². The molecule has 0 saturated heterocycles. The van der Waals surface area contributed by atoms with Gasteiger partial charge in [-0.1, -0.05) is 48.5 Å². The van der Waals surface area contributed by atoms with Gasteiger partial charge in [0.25, 0.3) is 0 Å². The molecule has 0 aliphatic carbocycles. The number of rotatable bonds is 10. The van der Waals surface area contributed by atoms with Crippen molar-refractivity contribution in [3.05, 3.63) is 0 Å². The van der Waals surface area contributed by atoms with Crippen molar-refractivity contribution in [1.29, 1.82) is 0 Å². The van der Waals surface area contributed by atoms with Crippen LogP contribution in [0.25, 0.3) is 0 Å². The van der Waals surface area contributed by atoms with Gasteiger partial charge in [0.2, 0.25) is 0 Å². The average molecular weight is 331 g/mol. The Hall–Kier alpha value is -0.120. The highest BCUT2D eigenvalue weighted by Gasteiger charge is 2.42. The Morgan fingerprint density at radius 3 is 1.48 bits per heavy atom. The summed E-state index contributed by atoms with van der Waals surface area (Å²) in [6.07, 6.45) is 1.01. The van der Waals surface area contributed by atoms with Gasteiger partial charge in [0.15, 0.2) is 0 Å². The van der Waals surface area contributed by atoms with E-state index in [-0.39, 0.29) is 21.8 Å². The van der Waals surface area contributed by atoms with Crippen molar-refractivity contribution in [2.24, 2.45) is 22.2 Å². The Bertz CT molecular complexity index is 331. The highest BCUT2D eigenvalue weighted by Crippen LogP contribution is 2.42. The first-order valence-electron chi connectivity index (χ1n) is 8.85. The summed E-state index contributed by atoms with van der Waals surface area (Å²) in [5.74, 6) is 0.589. The van der Waals surface area contributed by atoms with Gasteiger partial charge in [-0.25, -0.2) is 0 Å². The lowest BCUT2D eigenvalue weighted by Gasteiger charge is -2.45. The van der Waals surface area contributed by atoms with E-state index in [0.29, 0.717) is 25.7 Å². The summed E-state index contributed by atoms with van der Waals surface area (Å²) in [5, 5.41) is 0. The van der Waals surface area contributed by atoms with Crippen molar-refractivity contribution in [3.63, 3.8) is 0 Å². The van der Waals surface area contributed by atoms with Crippen molar-refractivity contribution in [3.8, 4) is 0 Å². The largest absolute Gasteiger partial charge is 0.384 e. The monoisotopic (exact) mass is 330 g/mol. The minimum atomic E-state index is -0.207. The molecule has 0 N–H and O–H groups in total. The first-order chi connectivity index (χ1) is 10.2. The van der Waals surface area contributed by atoms with E-state index >= 15 is 0 Å². The molecule has 0 fully saturated rings. The molecular formula is C20H42O3. The molecule has 140 valence electrons. The molecule has 0 bridgehead atoms. The van der Waals surface area contributed by atoms with E-state index in [4.69, 9.17) is 14.2 Å². The molecule has 0 aromatic rings. The molecule has 0 atom stereocenters. The molecule has 0 aliphatic heterocycles. The van der Waals surface area contributed by atoms with Crippen molar-refractivity contribution in [2.45, 2.75) is 74.3 Å². The van der Waals surface area contributed by atoms with Crippen LogP contribution in [0.15, 0.2) is 0 Å². The SMILES string of the molecule is COCC(COC)(COC(C)(C)C(C)(C)C)CC(C)(C)C(C)C. The highest BCUT2D eigenvalue weighted by molar-refractivity contribution is 4.90. The zero-order valence-electron chi connectivity index (χ0n) is 17.6. The number of hydrogen-bond donors (Lipinski definition) is 0. The van der Waals surface area contributed by atoms with Crippen LogP contribution in [0.4, 0.5) is 0 Å².